The van der Waals surface area contributed by atoms with Crippen LogP contribution in [0.25, 0.3) is 0 Å². The van der Waals surface area contributed by atoms with Gasteiger partial charge in [0.15, 0.2) is 0 Å². The molecule has 2 rings (SSSR count). The molecule has 8 heteroatoms. The molecule has 1 aromatic rings. The Morgan fingerprint density at radius 2 is 1.47 bits per heavy atom. The first-order valence-corrected chi connectivity index (χ1v) is 18.3. The van der Waals surface area contributed by atoms with Crippen LogP contribution in [0, 0.1) is 0 Å². The zero-order valence-corrected chi connectivity index (χ0v) is 33.8. The smallest absolute Gasteiger partial charge is 0.397 e. The number of dihydropyridines is 1. The SMILES string of the molecule is C=C(/C=C(\C)CC)/C(=C\CNC)C1C=CC(N)=C(C(F)(F)F)N1.CC.CC.CC.CC.CCCC(CCC)c1ccc(C(=O)N(C)C)cc1. The number of halogens is 3. The largest absolute Gasteiger partial charge is 0.432 e. The second-order valence-electron chi connectivity index (χ2n) is 10.5. The molecule has 1 aliphatic heterocycles. The summed E-state index contributed by atoms with van der Waals surface area (Å²) in [6.07, 6.45) is 7.86. The van der Waals surface area contributed by atoms with Crippen molar-refractivity contribution in [3.8, 4) is 0 Å². The number of nitrogens with zero attached hydrogens (tertiary/aromatic N) is 1. The van der Waals surface area contributed by atoms with Crippen LogP contribution in [0.2, 0.25) is 0 Å². The maximum absolute atomic E-state index is 13.0. The molecule has 0 bridgehead atoms. The molecule has 1 amide bonds. The minimum Gasteiger partial charge on any atom is -0.397 e. The van der Waals surface area contributed by atoms with Gasteiger partial charge in [0.2, 0.25) is 0 Å². The fraction of sp³-hybridized carbons (Fsp3) is 0.585. The van der Waals surface area contributed by atoms with Crippen LogP contribution in [-0.4, -0.2) is 50.7 Å². The van der Waals surface area contributed by atoms with Crippen molar-refractivity contribution in [2.45, 2.75) is 133 Å². The number of rotatable bonds is 12. The number of amides is 1. The molecular formula is C41H73F3N4O. The number of nitrogens with one attached hydrogen (secondary N) is 2. The first kappa shape index (κ1) is 52.6. The van der Waals surface area contributed by atoms with Crippen molar-refractivity contribution in [2.75, 3.05) is 27.7 Å². The van der Waals surface area contributed by atoms with Gasteiger partial charge in [-0.05, 0) is 74.1 Å². The zero-order valence-electron chi connectivity index (χ0n) is 33.8. The van der Waals surface area contributed by atoms with Crippen molar-refractivity contribution in [3.63, 3.8) is 0 Å². The molecule has 5 nitrogen and oxygen atoms in total. The highest BCUT2D eigenvalue weighted by Crippen LogP contribution is 2.30. The van der Waals surface area contributed by atoms with Gasteiger partial charge in [-0.15, -0.1) is 0 Å². The van der Waals surface area contributed by atoms with Crippen molar-refractivity contribution >= 4 is 5.91 Å². The average Bonchev–Trinajstić information content (AvgIpc) is 3.11. The molecule has 0 aromatic heterocycles. The maximum Gasteiger partial charge on any atom is 0.432 e. The summed E-state index contributed by atoms with van der Waals surface area (Å²) in [7, 11) is 5.34. The lowest BCUT2D eigenvalue weighted by molar-refractivity contribution is -0.0980. The van der Waals surface area contributed by atoms with Crippen molar-refractivity contribution in [3.05, 3.63) is 94.4 Å². The van der Waals surface area contributed by atoms with E-state index in [4.69, 9.17) is 5.73 Å². The fourth-order valence-electron chi connectivity index (χ4n) is 4.48. The highest BCUT2D eigenvalue weighted by molar-refractivity contribution is 5.93. The fourth-order valence-corrected chi connectivity index (χ4v) is 4.48. The summed E-state index contributed by atoms with van der Waals surface area (Å²) in [5.41, 5.74) is 8.85. The third-order valence-corrected chi connectivity index (χ3v) is 6.86. The van der Waals surface area contributed by atoms with Gasteiger partial charge in [0, 0.05) is 26.2 Å². The van der Waals surface area contributed by atoms with Gasteiger partial charge in [-0.25, -0.2) is 0 Å². The summed E-state index contributed by atoms with van der Waals surface area (Å²) >= 11 is 0. The molecule has 0 saturated heterocycles. The Morgan fingerprint density at radius 3 is 1.86 bits per heavy atom. The third kappa shape index (κ3) is 21.4. The highest BCUT2D eigenvalue weighted by atomic mass is 19.4. The Kier molecular flexibility index (Phi) is 34.3. The topological polar surface area (TPSA) is 70.4 Å². The third-order valence-electron chi connectivity index (χ3n) is 6.86. The Labute approximate surface area is 300 Å². The van der Waals surface area contributed by atoms with Gasteiger partial charge in [0.1, 0.15) is 5.70 Å². The minimum absolute atomic E-state index is 0.0732. The van der Waals surface area contributed by atoms with E-state index in [9.17, 15) is 18.0 Å². The van der Waals surface area contributed by atoms with Crippen LogP contribution in [0.5, 0.6) is 0 Å². The van der Waals surface area contributed by atoms with Crippen LogP contribution in [0.4, 0.5) is 13.2 Å². The number of likely N-dealkylation sites (N-methyl/N-ethyl adjacent to an activating group) is 1. The van der Waals surface area contributed by atoms with E-state index in [2.05, 4.69) is 43.2 Å². The number of allylic oxidation sites excluding steroid dienone is 4. The predicted octanol–water partition coefficient (Wildman–Crippen LogP) is 11.5. The van der Waals surface area contributed by atoms with Gasteiger partial charge in [-0.3, -0.25) is 4.79 Å². The molecule has 1 aliphatic rings. The summed E-state index contributed by atoms with van der Waals surface area (Å²) in [6, 6.07) is 7.52. The van der Waals surface area contributed by atoms with Gasteiger partial charge in [-0.2, -0.15) is 13.2 Å². The quantitative estimate of drug-likeness (QED) is 0.191. The van der Waals surface area contributed by atoms with E-state index in [1.165, 1.54) is 37.3 Å². The van der Waals surface area contributed by atoms with E-state index in [-0.39, 0.29) is 11.6 Å². The molecule has 0 saturated carbocycles. The van der Waals surface area contributed by atoms with Crippen LogP contribution >= 0.6 is 0 Å². The Balaban J connectivity index is -0.000000349. The number of alkyl halides is 3. The summed E-state index contributed by atoms with van der Waals surface area (Å²) in [5.74, 6) is 0.715. The number of hydrogen-bond acceptors (Lipinski definition) is 4. The summed E-state index contributed by atoms with van der Waals surface area (Å²) in [6.45, 7) is 29.0. The maximum atomic E-state index is 13.0. The van der Waals surface area contributed by atoms with Crippen LogP contribution in [0.1, 0.15) is 137 Å². The van der Waals surface area contributed by atoms with Crippen LogP contribution in [0.3, 0.4) is 0 Å². The van der Waals surface area contributed by atoms with Crippen LogP contribution in [-0.2, 0) is 0 Å². The predicted molar refractivity (Wildman–Crippen MR) is 211 cm³/mol. The van der Waals surface area contributed by atoms with E-state index in [1.807, 2.05) is 93.5 Å². The summed E-state index contributed by atoms with van der Waals surface area (Å²) in [4.78, 5) is 13.4. The monoisotopic (exact) mass is 695 g/mol. The first-order valence-electron chi connectivity index (χ1n) is 18.3. The molecule has 49 heavy (non-hydrogen) atoms. The lowest BCUT2D eigenvalue weighted by Crippen LogP contribution is -2.40. The zero-order chi connectivity index (χ0) is 39.2. The lowest BCUT2D eigenvalue weighted by Gasteiger charge is -2.27. The van der Waals surface area contributed by atoms with E-state index in [1.54, 1.807) is 32.1 Å². The van der Waals surface area contributed by atoms with E-state index in [0.29, 0.717) is 23.6 Å². The average molecular weight is 695 g/mol. The Hall–Kier alpha value is -3.26. The second kappa shape index (κ2) is 32.0. The molecule has 4 N–H and O–H groups in total. The lowest BCUT2D eigenvalue weighted by atomic mass is 9.90. The van der Waals surface area contributed by atoms with Crippen molar-refractivity contribution in [2.24, 2.45) is 5.73 Å². The molecule has 1 aromatic carbocycles. The molecule has 1 unspecified atom stereocenters. The second-order valence-corrected chi connectivity index (χ2v) is 10.5. The molecule has 0 fully saturated rings. The highest BCUT2D eigenvalue weighted by Gasteiger charge is 2.38. The normalized spacial score (nSPS) is 13.7. The standard InChI is InChI=1S/C17H24F3N3.C16H25NO.4C2H6/c1-5-11(2)10-12(3)13(8-9-22-4)15-7-6-14(21)16(23-15)17(18,19)20;1-5-7-13(8-6-2)14-9-11-15(12-10-14)16(18)17(3)4;4*1-2/h6-8,10,15,22-23H,3,5,9,21H2,1-2,4H3;9-13H,5-8H2,1-4H3;4*1-2H3/b11-10+,13-8+;;;;;. The van der Waals surface area contributed by atoms with E-state index in [0.717, 1.165) is 17.6 Å². The van der Waals surface area contributed by atoms with Gasteiger partial charge in [0.25, 0.3) is 5.91 Å². The first-order chi connectivity index (χ1) is 23.3. The summed E-state index contributed by atoms with van der Waals surface area (Å²) < 4.78 is 39.1. The van der Waals surface area contributed by atoms with Crippen molar-refractivity contribution in [1.82, 2.24) is 15.5 Å². The van der Waals surface area contributed by atoms with Gasteiger partial charge in [-0.1, -0.05) is 132 Å². The number of carbonyl (C=O) groups is 1. The molecular weight excluding hydrogens is 621 g/mol. The van der Waals surface area contributed by atoms with E-state index < -0.39 is 17.9 Å². The molecule has 0 aliphatic carbocycles. The van der Waals surface area contributed by atoms with E-state index >= 15 is 0 Å². The van der Waals surface area contributed by atoms with Crippen molar-refractivity contribution in [1.29, 1.82) is 0 Å². The summed E-state index contributed by atoms with van der Waals surface area (Å²) in [5, 5.41) is 5.44. The molecule has 1 atom stereocenters. The van der Waals surface area contributed by atoms with Crippen LogP contribution < -0.4 is 16.4 Å². The Bertz CT molecular complexity index is 1110. The number of nitrogens with two attached hydrogens (primary N) is 1. The molecule has 284 valence electrons. The Morgan fingerprint density at radius 1 is 0.980 bits per heavy atom. The molecule has 0 radical (unpaired) electrons. The van der Waals surface area contributed by atoms with Crippen LogP contribution in [0.15, 0.2) is 83.3 Å². The molecule has 0 spiro atoms. The van der Waals surface area contributed by atoms with Gasteiger partial charge >= 0.3 is 6.18 Å². The van der Waals surface area contributed by atoms with Gasteiger partial charge in [0.05, 0.1) is 11.7 Å². The van der Waals surface area contributed by atoms with Gasteiger partial charge < -0.3 is 21.3 Å². The number of benzene rings is 1. The number of hydrogen-bond donors (Lipinski definition) is 3. The molecule has 1 heterocycles. The van der Waals surface area contributed by atoms with Crippen molar-refractivity contribution < 1.29 is 18.0 Å². The number of carbonyl (C=O) groups excluding carboxylic acids is 1. The minimum atomic E-state index is -4.52.